The van der Waals surface area contributed by atoms with Gasteiger partial charge in [-0.2, -0.15) is 0 Å². The van der Waals surface area contributed by atoms with Crippen molar-refractivity contribution in [2.45, 2.75) is 65.7 Å². The summed E-state index contributed by atoms with van der Waals surface area (Å²) in [6, 6.07) is 9.14. The summed E-state index contributed by atoms with van der Waals surface area (Å²) >= 11 is 0. The molecule has 0 aromatic heterocycles. The third kappa shape index (κ3) is 7.23. The third-order valence-electron chi connectivity index (χ3n) is 5.05. The first-order valence-corrected chi connectivity index (χ1v) is 9.92. The van der Waals surface area contributed by atoms with Gasteiger partial charge in [-0.25, -0.2) is 0 Å². The van der Waals surface area contributed by atoms with Crippen LogP contribution in [0.5, 0.6) is 0 Å². The maximum Gasteiger partial charge on any atom is 0.0918 e. The molecule has 26 heavy (non-hydrogen) atoms. The van der Waals surface area contributed by atoms with Crippen LogP contribution in [-0.4, -0.2) is 7.11 Å². The summed E-state index contributed by atoms with van der Waals surface area (Å²) in [5.41, 5.74) is 5.28. The van der Waals surface area contributed by atoms with Crippen LogP contribution in [0, 0.1) is 11.8 Å². The summed E-state index contributed by atoms with van der Waals surface area (Å²) in [7, 11) is 1.70. The predicted octanol–water partition coefficient (Wildman–Crippen LogP) is 7.46. The Morgan fingerprint density at radius 2 is 1.69 bits per heavy atom. The number of hydrogen-bond donors (Lipinski definition) is 0. The van der Waals surface area contributed by atoms with Crippen molar-refractivity contribution < 1.29 is 4.74 Å². The van der Waals surface area contributed by atoms with Crippen LogP contribution < -0.4 is 0 Å². The summed E-state index contributed by atoms with van der Waals surface area (Å²) < 4.78 is 5.40. The molecule has 0 amide bonds. The minimum atomic E-state index is 0.320. The number of rotatable bonds is 12. The molecule has 2 unspecified atom stereocenters. The van der Waals surface area contributed by atoms with Gasteiger partial charge >= 0.3 is 0 Å². The fourth-order valence-electron chi connectivity index (χ4n) is 3.62. The summed E-state index contributed by atoms with van der Waals surface area (Å²) in [5, 5.41) is 0. The zero-order chi connectivity index (χ0) is 19.7. The largest absolute Gasteiger partial charge is 0.501 e. The first kappa shape index (κ1) is 22.3. The van der Waals surface area contributed by atoms with Crippen molar-refractivity contribution in [1.82, 2.24) is 0 Å². The van der Waals surface area contributed by atoms with Gasteiger partial charge in [0.1, 0.15) is 0 Å². The summed E-state index contributed by atoms with van der Waals surface area (Å²) in [4.78, 5) is 0. The van der Waals surface area contributed by atoms with Gasteiger partial charge < -0.3 is 4.74 Å². The molecule has 0 saturated heterocycles. The van der Waals surface area contributed by atoms with Crippen molar-refractivity contribution in [3.8, 4) is 0 Å². The lowest BCUT2D eigenvalue weighted by atomic mass is 9.84. The van der Waals surface area contributed by atoms with Gasteiger partial charge in [-0.15, -0.1) is 6.58 Å². The van der Waals surface area contributed by atoms with Crippen LogP contribution >= 0.6 is 0 Å². The van der Waals surface area contributed by atoms with Gasteiger partial charge in [0, 0.05) is 11.8 Å². The van der Waals surface area contributed by atoms with E-state index < -0.39 is 0 Å². The van der Waals surface area contributed by atoms with Crippen molar-refractivity contribution in [2.24, 2.45) is 11.8 Å². The van der Waals surface area contributed by atoms with Gasteiger partial charge in [-0.05, 0) is 56.1 Å². The van der Waals surface area contributed by atoms with E-state index in [0.29, 0.717) is 17.8 Å². The zero-order valence-electron chi connectivity index (χ0n) is 17.6. The molecular weight excluding hydrogens is 316 g/mol. The Balaban J connectivity index is 2.75. The zero-order valence-corrected chi connectivity index (χ0v) is 17.6. The number of ether oxygens (including phenoxy) is 1. The molecule has 1 aromatic carbocycles. The number of allylic oxidation sites excluding steroid dienone is 3. The highest BCUT2D eigenvalue weighted by Gasteiger charge is 2.18. The van der Waals surface area contributed by atoms with E-state index >= 15 is 0 Å². The average molecular weight is 355 g/mol. The summed E-state index contributed by atoms with van der Waals surface area (Å²) in [6.45, 7) is 21.4. The second-order valence-electron chi connectivity index (χ2n) is 8.03. The monoisotopic (exact) mass is 354 g/mol. The van der Waals surface area contributed by atoms with Crippen molar-refractivity contribution in [2.75, 3.05) is 7.11 Å². The highest BCUT2D eigenvalue weighted by Crippen LogP contribution is 2.33. The molecule has 1 nitrogen and oxygen atoms in total. The minimum absolute atomic E-state index is 0.320. The molecule has 0 saturated carbocycles. The predicted molar refractivity (Wildman–Crippen MR) is 115 cm³/mol. The Morgan fingerprint density at radius 3 is 2.15 bits per heavy atom. The molecular formula is C25H38O. The van der Waals surface area contributed by atoms with E-state index in [-0.39, 0.29) is 0 Å². The van der Waals surface area contributed by atoms with Gasteiger partial charge in [0.25, 0.3) is 0 Å². The highest BCUT2D eigenvalue weighted by molar-refractivity contribution is 5.31. The lowest BCUT2D eigenvalue weighted by Crippen LogP contribution is -2.09. The Morgan fingerprint density at radius 1 is 1.08 bits per heavy atom. The Hall–Kier alpha value is -1.76. The third-order valence-corrected chi connectivity index (χ3v) is 5.05. The van der Waals surface area contributed by atoms with Crippen molar-refractivity contribution in [3.63, 3.8) is 0 Å². The molecule has 0 aliphatic carbocycles. The first-order valence-electron chi connectivity index (χ1n) is 9.92. The summed E-state index contributed by atoms with van der Waals surface area (Å²) in [5.74, 6) is 2.29. The van der Waals surface area contributed by atoms with E-state index in [1.165, 1.54) is 22.3 Å². The van der Waals surface area contributed by atoms with Crippen LogP contribution in [0.3, 0.4) is 0 Å². The fraction of sp³-hybridized carbons (Fsp3) is 0.520. The number of methoxy groups -OCH3 is 1. The maximum absolute atomic E-state index is 5.40. The van der Waals surface area contributed by atoms with Gasteiger partial charge in [0.2, 0.25) is 0 Å². The molecule has 0 fully saturated rings. The van der Waals surface area contributed by atoms with E-state index in [1.807, 2.05) is 0 Å². The van der Waals surface area contributed by atoms with Crippen molar-refractivity contribution >= 4 is 0 Å². The van der Waals surface area contributed by atoms with Crippen LogP contribution in [0.1, 0.15) is 70.4 Å². The van der Waals surface area contributed by atoms with Crippen molar-refractivity contribution in [1.29, 1.82) is 0 Å². The normalized spacial score (nSPS) is 13.3. The molecule has 144 valence electrons. The second kappa shape index (κ2) is 11.1. The lowest BCUT2D eigenvalue weighted by Gasteiger charge is -2.23. The molecule has 0 aliphatic rings. The van der Waals surface area contributed by atoms with Gasteiger partial charge in [-0.1, -0.05) is 69.3 Å². The second-order valence-corrected chi connectivity index (χ2v) is 8.03. The smallest absolute Gasteiger partial charge is 0.0918 e. The van der Waals surface area contributed by atoms with Gasteiger partial charge in [0.05, 0.1) is 12.9 Å². The topological polar surface area (TPSA) is 9.23 Å². The molecule has 0 bridgehead atoms. The average Bonchev–Trinajstić information content (AvgIpc) is 2.59. The molecule has 0 aliphatic heterocycles. The molecule has 0 heterocycles. The molecule has 1 heteroatoms. The standard InChI is InChI=1S/C25H38O/c1-9-25(23-14-11-22(12-15-23)16-18(2)3)20(6)10-13-24(17-19(4)5)21(7)26-8/h11-12,14-15,18,24-25H,4,6-7,9-10,13,16-17H2,1-3,5,8H3. The van der Waals surface area contributed by atoms with Crippen LogP contribution in [-0.2, 0) is 11.2 Å². The fourth-order valence-corrected chi connectivity index (χ4v) is 3.62. The molecule has 1 rings (SSSR count). The van der Waals surface area contributed by atoms with E-state index in [0.717, 1.165) is 37.9 Å². The molecule has 0 N–H and O–H groups in total. The first-order chi connectivity index (χ1) is 12.3. The van der Waals surface area contributed by atoms with Gasteiger partial charge in [-0.3, -0.25) is 0 Å². The van der Waals surface area contributed by atoms with Crippen LogP contribution in [0.4, 0.5) is 0 Å². The Labute approximate surface area is 161 Å². The van der Waals surface area contributed by atoms with E-state index in [4.69, 9.17) is 4.74 Å². The van der Waals surface area contributed by atoms with E-state index in [9.17, 15) is 0 Å². The van der Waals surface area contributed by atoms with Crippen LogP contribution in [0.25, 0.3) is 0 Å². The Kier molecular flexibility index (Phi) is 9.48. The minimum Gasteiger partial charge on any atom is -0.501 e. The molecule has 0 spiro atoms. The van der Waals surface area contributed by atoms with Gasteiger partial charge in [0.15, 0.2) is 0 Å². The molecule has 0 radical (unpaired) electrons. The summed E-state index contributed by atoms with van der Waals surface area (Å²) in [6.07, 6.45) is 5.16. The quantitative estimate of drug-likeness (QED) is 0.279. The maximum atomic E-state index is 5.40. The van der Waals surface area contributed by atoms with Crippen molar-refractivity contribution in [3.05, 3.63) is 72.0 Å². The number of benzene rings is 1. The lowest BCUT2D eigenvalue weighted by molar-refractivity contribution is 0.236. The highest BCUT2D eigenvalue weighted by atomic mass is 16.5. The molecule has 1 aromatic rings. The Bertz CT molecular complexity index is 591. The SMILES string of the molecule is C=C(C)CC(CCC(=C)C(CC)c1ccc(CC(C)C)cc1)C(=C)OC. The molecule has 2 atom stereocenters. The van der Waals surface area contributed by atoms with E-state index in [2.05, 4.69) is 71.7 Å². The number of hydrogen-bond acceptors (Lipinski definition) is 1. The van der Waals surface area contributed by atoms with Crippen LogP contribution in [0.15, 0.2) is 60.9 Å². The van der Waals surface area contributed by atoms with E-state index in [1.54, 1.807) is 7.11 Å². The van der Waals surface area contributed by atoms with Crippen LogP contribution in [0.2, 0.25) is 0 Å².